The lowest BCUT2D eigenvalue weighted by atomic mass is 10.1. The SMILES string of the molecule is CCC(C(N)=O)C(=O)NCC(F)(F)C(F)(F)F. The molecular weight excluding hydrogens is 251 g/mol. The van der Waals surface area contributed by atoms with E-state index >= 15 is 0 Å². The van der Waals surface area contributed by atoms with Crippen LogP contribution in [0.3, 0.4) is 0 Å². The first-order chi connectivity index (χ1) is 7.53. The largest absolute Gasteiger partial charge is 0.455 e. The molecule has 3 N–H and O–H groups in total. The van der Waals surface area contributed by atoms with E-state index in [1.54, 1.807) is 0 Å². The minimum atomic E-state index is -5.76. The topological polar surface area (TPSA) is 72.2 Å². The van der Waals surface area contributed by atoms with Crippen molar-refractivity contribution >= 4 is 11.8 Å². The van der Waals surface area contributed by atoms with E-state index in [1.807, 2.05) is 0 Å². The first kappa shape index (κ1) is 15.6. The molecule has 4 nitrogen and oxygen atoms in total. The number of nitrogens with two attached hydrogens (primary N) is 1. The summed E-state index contributed by atoms with van der Waals surface area (Å²) in [5.41, 5.74) is 4.76. The maximum absolute atomic E-state index is 12.4. The zero-order valence-electron chi connectivity index (χ0n) is 8.78. The highest BCUT2D eigenvalue weighted by atomic mass is 19.4. The van der Waals surface area contributed by atoms with Crippen molar-refractivity contribution < 1.29 is 31.5 Å². The molecule has 0 spiro atoms. The molecule has 0 aliphatic rings. The van der Waals surface area contributed by atoms with Gasteiger partial charge >= 0.3 is 12.1 Å². The molecule has 0 aliphatic carbocycles. The molecule has 0 aromatic rings. The summed E-state index contributed by atoms with van der Waals surface area (Å²) in [6.07, 6.45) is -5.84. The standard InChI is InChI=1S/C8H11F5N2O2/c1-2-4(5(14)16)6(17)15-3-7(9,10)8(11,12)13/h4H,2-3H2,1H3,(H2,14,16)(H,15,17). The molecule has 0 aromatic heterocycles. The quantitative estimate of drug-likeness (QED) is 0.568. The normalized spacial score (nSPS) is 14.2. The maximum atomic E-state index is 12.4. The molecule has 0 aromatic carbocycles. The summed E-state index contributed by atoms with van der Waals surface area (Å²) in [4.78, 5) is 21.7. The van der Waals surface area contributed by atoms with Crippen LogP contribution in [0.1, 0.15) is 13.3 Å². The number of amides is 2. The average molecular weight is 262 g/mol. The van der Waals surface area contributed by atoms with Crippen LogP contribution < -0.4 is 11.1 Å². The van der Waals surface area contributed by atoms with Crippen molar-refractivity contribution in [3.63, 3.8) is 0 Å². The molecule has 2 amide bonds. The van der Waals surface area contributed by atoms with Gasteiger partial charge in [-0.15, -0.1) is 0 Å². The van der Waals surface area contributed by atoms with Gasteiger partial charge in [0.1, 0.15) is 5.92 Å². The summed E-state index contributed by atoms with van der Waals surface area (Å²) in [6, 6.07) is 0. The van der Waals surface area contributed by atoms with Crippen LogP contribution in [0.25, 0.3) is 0 Å². The lowest BCUT2D eigenvalue weighted by Gasteiger charge is -2.20. The second-order valence-corrected chi connectivity index (χ2v) is 3.28. The van der Waals surface area contributed by atoms with Crippen molar-refractivity contribution in [3.8, 4) is 0 Å². The molecule has 0 fully saturated rings. The van der Waals surface area contributed by atoms with Gasteiger partial charge in [-0.3, -0.25) is 9.59 Å². The molecule has 0 aliphatic heterocycles. The van der Waals surface area contributed by atoms with E-state index in [-0.39, 0.29) is 6.42 Å². The highest BCUT2D eigenvalue weighted by Crippen LogP contribution is 2.34. The minimum Gasteiger partial charge on any atom is -0.369 e. The molecule has 100 valence electrons. The summed E-state index contributed by atoms with van der Waals surface area (Å²) in [6.45, 7) is -0.546. The number of hydrogen-bond donors (Lipinski definition) is 2. The lowest BCUT2D eigenvalue weighted by Crippen LogP contribution is -2.49. The van der Waals surface area contributed by atoms with Crippen molar-refractivity contribution in [3.05, 3.63) is 0 Å². The molecule has 0 bridgehead atoms. The van der Waals surface area contributed by atoms with E-state index < -0.39 is 36.4 Å². The van der Waals surface area contributed by atoms with Gasteiger partial charge in [0.2, 0.25) is 11.8 Å². The molecule has 9 heteroatoms. The predicted molar refractivity (Wildman–Crippen MR) is 47.0 cm³/mol. The van der Waals surface area contributed by atoms with Crippen LogP contribution in [0.2, 0.25) is 0 Å². The summed E-state index contributed by atoms with van der Waals surface area (Å²) < 4.78 is 60.0. The molecular formula is C8H11F5N2O2. The third-order valence-electron chi connectivity index (χ3n) is 1.97. The van der Waals surface area contributed by atoms with Gasteiger partial charge in [-0.1, -0.05) is 6.92 Å². The maximum Gasteiger partial charge on any atom is 0.455 e. The number of hydrogen-bond acceptors (Lipinski definition) is 2. The Morgan fingerprint density at radius 2 is 1.71 bits per heavy atom. The number of halogens is 5. The van der Waals surface area contributed by atoms with Gasteiger partial charge in [0.05, 0.1) is 6.54 Å². The van der Waals surface area contributed by atoms with Crippen molar-refractivity contribution in [2.75, 3.05) is 6.54 Å². The van der Waals surface area contributed by atoms with Crippen molar-refractivity contribution in [2.24, 2.45) is 11.7 Å². The molecule has 0 radical (unpaired) electrons. The van der Waals surface area contributed by atoms with Gasteiger partial charge in [0, 0.05) is 0 Å². The highest BCUT2D eigenvalue weighted by Gasteiger charge is 2.57. The number of alkyl halides is 5. The van der Waals surface area contributed by atoms with Gasteiger partial charge in [-0.05, 0) is 6.42 Å². The van der Waals surface area contributed by atoms with Crippen LogP contribution in [0.15, 0.2) is 0 Å². The summed E-state index contributed by atoms with van der Waals surface area (Å²) in [5, 5.41) is 1.35. The van der Waals surface area contributed by atoms with Crippen LogP contribution in [-0.4, -0.2) is 30.5 Å². The highest BCUT2D eigenvalue weighted by molar-refractivity contribution is 5.99. The second kappa shape index (κ2) is 5.28. The van der Waals surface area contributed by atoms with E-state index in [9.17, 15) is 31.5 Å². The van der Waals surface area contributed by atoms with Crippen LogP contribution in [0, 0.1) is 5.92 Å². The van der Waals surface area contributed by atoms with Crippen LogP contribution >= 0.6 is 0 Å². The summed E-state index contributed by atoms with van der Waals surface area (Å²) in [5.74, 6) is -8.79. The predicted octanol–water partition coefficient (Wildman–Crippen LogP) is 0.812. The number of carbonyl (C=O) groups is 2. The smallest absolute Gasteiger partial charge is 0.369 e. The fourth-order valence-corrected chi connectivity index (χ4v) is 0.937. The summed E-state index contributed by atoms with van der Waals surface area (Å²) in [7, 11) is 0. The minimum absolute atomic E-state index is 0.0846. The Bertz CT molecular complexity index is 303. The fraction of sp³-hybridized carbons (Fsp3) is 0.750. The van der Waals surface area contributed by atoms with Gasteiger partial charge in [0.15, 0.2) is 0 Å². The first-order valence-corrected chi connectivity index (χ1v) is 4.54. The Balaban J connectivity index is 4.49. The number of primary amides is 1. The molecule has 0 rings (SSSR count). The zero-order valence-corrected chi connectivity index (χ0v) is 8.78. The molecule has 0 saturated carbocycles. The Morgan fingerprint density at radius 1 is 1.24 bits per heavy atom. The van der Waals surface area contributed by atoms with Gasteiger partial charge in [-0.25, -0.2) is 0 Å². The van der Waals surface area contributed by atoms with Gasteiger partial charge in [0.25, 0.3) is 0 Å². The van der Waals surface area contributed by atoms with E-state index in [1.165, 1.54) is 12.2 Å². The van der Waals surface area contributed by atoms with E-state index in [2.05, 4.69) is 0 Å². The number of rotatable bonds is 5. The van der Waals surface area contributed by atoms with E-state index in [0.29, 0.717) is 0 Å². The van der Waals surface area contributed by atoms with Crippen molar-refractivity contribution in [1.29, 1.82) is 0 Å². The Hall–Kier alpha value is -1.41. The Morgan fingerprint density at radius 3 is 2.00 bits per heavy atom. The lowest BCUT2D eigenvalue weighted by molar-refractivity contribution is -0.278. The zero-order chi connectivity index (χ0) is 13.9. The van der Waals surface area contributed by atoms with E-state index in [4.69, 9.17) is 5.73 Å². The van der Waals surface area contributed by atoms with Crippen LogP contribution in [0.4, 0.5) is 22.0 Å². The van der Waals surface area contributed by atoms with E-state index in [0.717, 1.165) is 0 Å². The Labute approximate surface area is 93.3 Å². The summed E-state index contributed by atoms with van der Waals surface area (Å²) >= 11 is 0. The first-order valence-electron chi connectivity index (χ1n) is 4.54. The molecule has 1 unspecified atom stereocenters. The number of nitrogens with one attached hydrogen (secondary N) is 1. The molecule has 1 atom stereocenters. The number of carbonyl (C=O) groups excluding carboxylic acids is 2. The third-order valence-corrected chi connectivity index (χ3v) is 1.97. The average Bonchev–Trinajstić information content (AvgIpc) is 2.13. The van der Waals surface area contributed by atoms with Gasteiger partial charge in [-0.2, -0.15) is 22.0 Å². The fourth-order valence-electron chi connectivity index (χ4n) is 0.937. The van der Waals surface area contributed by atoms with Gasteiger partial charge < -0.3 is 11.1 Å². The van der Waals surface area contributed by atoms with Crippen LogP contribution in [-0.2, 0) is 9.59 Å². The molecule has 0 saturated heterocycles. The Kier molecular flexibility index (Phi) is 4.84. The third kappa shape index (κ3) is 4.16. The molecule has 0 heterocycles. The molecule has 17 heavy (non-hydrogen) atoms. The van der Waals surface area contributed by atoms with Crippen molar-refractivity contribution in [1.82, 2.24) is 5.32 Å². The second-order valence-electron chi connectivity index (χ2n) is 3.28. The van der Waals surface area contributed by atoms with Crippen LogP contribution in [0.5, 0.6) is 0 Å². The van der Waals surface area contributed by atoms with Crippen molar-refractivity contribution in [2.45, 2.75) is 25.4 Å². The monoisotopic (exact) mass is 262 g/mol.